The summed E-state index contributed by atoms with van der Waals surface area (Å²) in [7, 11) is 0. The summed E-state index contributed by atoms with van der Waals surface area (Å²) in [6, 6.07) is 76.6. The Bertz CT molecular complexity index is 3280. The number of hydrogen-bond acceptors (Lipinski definition) is 1. The molecule has 2 aliphatic rings. The molecule has 1 aromatic heterocycles. The molecule has 0 saturated heterocycles. The van der Waals surface area contributed by atoms with Crippen LogP contribution < -0.4 is 4.90 Å². The molecule has 10 aromatic rings. The fourth-order valence-corrected chi connectivity index (χ4v) is 10.8. The van der Waals surface area contributed by atoms with Crippen molar-refractivity contribution in [2.75, 3.05) is 4.90 Å². The van der Waals surface area contributed by atoms with Crippen molar-refractivity contribution in [3.8, 4) is 50.2 Å². The molecular formula is C60H46N2. The molecule has 0 amide bonds. The van der Waals surface area contributed by atoms with Crippen molar-refractivity contribution >= 4 is 38.9 Å². The number of fused-ring (bicyclic) bond motifs is 9. The van der Waals surface area contributed by atoms with Crippen LogP contribution in [0.15, 0.2) is 206 Å². The number of aromatic nitrogens is 1. The number of para-hydroxylation sites is 1. The molecular weight excluding hydrogens is 749 g/mol. The van der Waals surface area contributed by atoms with Crippen LogP contribution in [0.2, 0.25) is 0 Å². The van der Waals surface area contributed by atoms with Gasteiger partial charge in [-0.15, -0.1) is 0 Å². The maximum atomic E-state index is 2.45. The van der Waals surface area contributed by atoms with Gasteiger partial charge in [0.1, 0.15) is 0 Å². The molecule has 0 spiro atoms. The van der Waals surface area contributed by atoms with Crippen LogP contribution in [0, 0.1) is 0 Å². The number of benzene rings is 9. The molecule has 0 fully saturated rings. The van der Waals surface area contributed by atoms with Gasteiger partial charge in [0.15, 0.2) is 0 Å². The van der Waals surface area contributed by atoms with E-state index in [9.17, 15) is 0 Å². The van der Waals surface area contributed by atoms with E-state index in [1.165, 1.54) is 88.6 Å². The zero-order valence-electron chi connectivity index (χ0n) is 35.5. The van der Waals surface area contributed by atoms with E-state index in [-0.39, 0.29) is 10.8 Å². The first-order valence-corrected chi connectivity index (χ1v) is 21.8. The summed E-state index contributed by atoms with van der Waals surface area (Å²) in [5.41, 5.74) is 22.5. The Hall–Kier alpha value is -7.42. The summed E-state index contributed by atoms with van der Waals surface area (Å²) < 4.78 is 2.40. The van der Waals surface area contributed by atoms with Crippen LogP contribution in [-0.4, -0.2) is 4.57 Å². The molecule has 2 nitrogen and oxygen atoms in total. The molecule has 0 unspecified atom stereocenters. The highest BCUT2D eigenvalue weighted by Crippen LogP contribution is 2.53. The lowest BCUT2D eigenvalue weighted by Crippen LogP contribution is -2.16. The van der Waals surface area contributed by atoms with Crippen LogP contribution in [0.3, 0.4) is 0 Å². The van der Waals surface area contributed by atoms with E-state index in [0.717, 1.165) is 22.7 Å². The lowest BCUT2D eigenvalue weighted by molar-refractivity contribution is 0.660. The Morgan fingerprint density at radius 1 is 0.323 bits per heavy atom. The van der Waals surface area contributed by atoms with Gasteiger partial charge in [0, 0.05) is 44.4 Å². The van der Waals surface area contributed by atoms with E-state index >= 15 is 0 Å². The van der Waals surface area contributed by atoms with Crippen molar-refractivity contribution in [2.45, 2.75) is 38.5 Å². The second-order valence-electron chi connectivity index (χ2n) is 18.2. The Morgan fingerprint density at radius 3 is 1.24 bits per heavy atom. The van der Waals surface area contributed by atoms with Gasteiger partial charge in [-0.3, -0.25) is 0 Å². The Balaban J connectivity index is 1.00. The van der Waals surface area contributed by atoms with E-state index in [2.05, 4.69) is 243 Å². The van der Waals surface area contributed by atoms with Gasteiger partial charge >= 0.3 is 0 Å². The van der Waals surface area contributed by atoms with Gasteiger partial charge in [-0.05, 0) is 140 Å². The van der Waals surface area contributed by atoms with Gasteiger partial charge in [0.05, 0.1) is 11.0 Å². The van der Waals surface area contributed by atoms with Gasteiger partial charge in [-0.1, -0.05) is 161 Å². The van der Waals surface area contributed by atoms with Crippen LogP contribution in [0.25, 0.3) is 72.0 Å². The van der Waals surface area contributed by atoms with Crippen molar-refractivity contribution in [1.29, 1.82) is 0 Å². The van der Waals surface area contributed by atoms with Crippen molar-refractivity contribution in [3.63, 3.8) is 0 Å². The van der Waals surface area contributed by atoms with E-state index < -0.39 is 0 Å². The Kier molecular flexibility index (Phi) is 7.96. The van der Waals surface area contributed by atoms with Crippen molar-refractivity contribution < 1.29 is 0 Å². The van der Waals surface area contributed by atoms with Gasteiger partial charge in [0.2, 0.25) is 0 Å². The second kappa shape index (κ2) is 13.5. The predicted octanol–water partition coefficient (Wildman–Crippen LogP) is 16.2. The van der Waals surface area contributed by atoms with Crippen LogP contribution in [0.4, 0.5) is 17.1 Å². The molecule has 62 heavy (non-hydrogen) atoms. The third-order valence-electron chi connectivity index (χ3n) is 14.0. The maximum Gasteiger partial charge on any atom is 0.0541 e. The van der Waals surface area contributed by atoms with Crippen molar-refractivity contribution in [3.05, 3.63) is 229 Å². The minimum atomic E-state index is -0.0581. The normalized spacial score (nSPS) is 14.1. The largest absolute Gasteiger partial charge is 0.310 e. The van der Waals surface area contributed by atoms with E-state index in [1.807, 2.05) is 0 Å². The van der Waals surface area contributed by atoms with Gasteiger partial charge < -0.3 is 9.47 Å². The first-order valence-electron chi connectivity index (χ1n) is 21.8. The summed E-state index contributed by atoms with van der Waals surface area (Å²) in [4.78, 5) is 2.45. The molecule has 0 atom stereocenters. The Morgan fingerprint density at radius 2 is 0.726 bits per heavy atom. The SMILES string of the molecule is CC1(C)c2ccccc2-c2cc(N(c3ccc(-c4ccc5c(c4)c4cc(-c6ccccc6)ccc4n5-c4ccccc4)cc3)c3ccc4c(c3)-c3ccccc3C4(C)C)ccc21. The first kappa shape index (κ1) is 36.4. The average molecular weight is 795 g/mol. The third kappa shape index (κ3) is 5.43. The number of rotatable bonds is 6. The monoisotopic (exact) mass is 794 g/mol. The highest BCUT2D eigenvalue weighted by molar-refractivity contribution is 6.11. The summed E-state index contributed by atoms with van der Waals surface area (Å²) >= 11 is 0. The zero-order chi connectivity index (χ0) is 41.7. The van der Waals surface area contributed by atoms with Crippen molar-refractivity contribution in [1.82, 2.24) is 4.57 Å². The third-order valence-corrected chi connectivity index (χ3v) is 14.0. The van der Waals surface area contributed by atoms with Gasteiger partial charge in [-0.2, -0.15) is 0 Å². The van der Waals surface area contributed by atoms with Crippen LogP contribution in [0.1, 0.15) is 49.9 Å². The first-order chi connectivity index (χ1) is 30.3. The summed E-state index contributed by atoms with van der Waals surface area (Å²) in [5.74, 6) is 0. The molecule has 9 aromatic carbocycles. The molecule has 2 aliphatic carbocycles. The predicted molar refractivity (Wildman–Crippen MR) is 261 cm³/mol. The molecule has 0 aliphatic heterocycles. The zero-order valence-corrected chi connectivity index (χ0v) is 35.5. The topological polar surface area (TPSA) is 8.17 Å². The molecule has 12 rings (SSSR count). The lowest BCUT2D eigenvalue weighted by Gasteiger charge is -2.28. The maximum absolute atomic E-state index is 2.45. The summed E-state index contributed by atoms with van der Waals surface area (Å²) in [5, 5.41) is 2.49. The fraction of sp³-hybridized carbons (Fsp3) is 0.100. The van der Waals surface area contributed by atoms with Crippen LogP contribution in [0.5, 0.6) is 0 Å². The average Bonchev–Trinajstić information content (AvgIpc) is 3.85. The quantitative estimate of drug-likeness (QED) is 0.163. The highest BCUT2D eigenvalue weighted by Gasteiger charge is 2.37. The van der Waals surface area contributed by atoms with Gasteiger partial charge in [-0.25, -0.2) is 0 Å². The number of nitrogens with zero attached hydrogens (tertiary/aromatic N) is 2. The number of hydrogen-bond donors (Lipinski definition) is 0. The van der Waals surface area contributed by atoms with Crippen LogP contribution in [-0.2, 0) is 10.8 Å². The fourth-order valence-electron chi connectivity index (χ4n) is 10.8. The second-order valence-corrected chi connectivity index (χ2v) is 18.2. The number of anilines is 3. The Labute approximate surface area is 364 Å². The van der Waals surface area contributed by atoms with E-state index in [4.69, 9.17) is 0 Å². The van der Waals surface area contributed by atoms with Crippen LogP contribution >= 0.6 is 0 Å². The minimum Gasteiger partial charge on any atom is -0.310 e. The molecule has 0 radical (unpaired) electrons. The van der Waals surface area contributed by atoms with Crippen molar-refractivity contribution in [2.24, 2.45) is 0 Å². The molecule has 1 heterocycles. The van der Waals surface area contributed by atoms with E-state index in [1.54, 1.807) is 0 Å². The standard InChI is InChI=1S/C60H46N2/c1-59(2)53-21-13-11-19-47(53)49-37-45(29-31-55(49)59)61(46-30-32-56-50(38-46)48-20-12-14-22-54(48)60(56,3)4)44-27-23-40(24-28-44)42-26-34-58-52(36-42)51-35-41(39-15-7-5-8-16-39)25-33-57(51)62(58)43-17-9-6-10-18-43/h5-38H,1-4H3. The molecule has 0 saturated carbocycles. The summed E-state index contributed by atoms with van der Waals surface area (Å²) in [6.07, 6.45) is 0. The lowest BCUT2D eigenvalue weighted by atomic mass is 9.82. The molecule has 0 bridgehead atoms. The molecule has 0 N–H and O–H groups in total. The van der Waals surface area contributed by atoms with Gasteiger partial charge in [0.25, 0.3) is 0 Å². The summed E-state index contributed by atoms with van der Waals surface area (Å²) in [6.45, 7) is 9.41. The molecule has 2 heteroatoms. The molecule has 296 valence electrons. The minimum absolute atomic E-state index is 0.0581. The smallest absolute Gasteiger partial charge is 0.0541 e. The van der Waals surface area contributed by atoms with E-state index in [0.29, 0.717) is 0 Å². The highest BCUT2D eigenvalue weighted by atomic mass is 15.1.